The minimum absolute atomic E-state index is 0.114. The van der Waals surface area contributed by atoms with Crippen LogP contribution < -0.4 is 19.8 Å². The van der Waals surface area contributed by atoms with E-state index in [0.717, 1.165) is 16.9 Å². The number of benzene rings is 3. The standard InChI is InChI=1S/C25H24N2O4S/c1-29-19-11-9-18(10-12-19)16-32-25-26-21-14-23(31-3)22(30-2)13-20(21)24(28)27(25)15-17-7-5-4-6-8-17/h4-14H,15-16H2,1-3H3. The highest BCUT2D eigenvalue weighted by molar-refractivity contribution is 7.98. The fourth-order valence-electron chi connectivity index (χ4n) is 3.41. The van der Waals surface area contributed by atoms with Crippen molar-refractivity contribution >= 4 is 22.7 Å². The maximum absolute atomic E-state index is 13.5. The fraction of sp³-hybridized carbons (Fsp3) is 0.200. The summed E-state index contributed by atoms with van der Waals surface area (Å²) in [4.78, 5) is 18.3. The first kappa shape index (κ1) is 21.8. The first-order valence-electron chi connectivity index (χ1n) is 10.1. The molecule has 0 aliphatic rings. The molecular formula is C25H24N2O4S. The fourth-order valence-corrected chi connectivity index (χ4v) is 4.37. The van der Waals surface area contributed by atoms with E-state index in [1.54, 1.807) is 38.0 Å². The summed E-state index contributed by atoms with van der Waals surface area (Å²) in [5.74, 6) is 2.52. The number of hydrogen-bond donors (Lipinski definition) is 0. The van der Waals surface area contributed by atoms with Gasteiger partial charge < -0.3 is 14.2 Å². The second-order valence-electron chi connectivity index (χ2n) is 7.13. The molecule has 4 rings (SSSR count). The van der Waals surface area contributed by atoms with Gasteiger partial charge in [-0.05, 0) is 29.3 Å². The van der Waals surface area contributed by atoms with E-state index in [1.807, 2.05) is 54.6 Å². The number of ether oxygens (including phenoxy) is 3. The first-order chi connectivity index (χ1) is 15.6. The SMILES string of the molecule is COc1ccc(CSc2nc3cc(OC)c(OC)cc3c(=O)n2Cc2ccccc2)cc1. The molecule has 0 amide bonds. The van der Waals surface area contributed by atoms with E-state index >= 15 is 0 Å². The van der Waals surface area contributed by atoms with Crippen molar-refractivity contribution in [2.45, 2.75) is 17.5 Å². The maximum Gasteiger partial charge on any atom is 0.262 e. The first-order valence-corrected chi connectivity index (χ1v) is 11.1. The number of fused-ring (bicyclic) bond motifs is 1. The molecule has 0 N–H and O–H groups in total. The molecule has 3 aromatic carbocycles. The summed E-state index contributed by atoms with van der Waals surface area (Å²) in [6.45, 7) is 0.432. The summed E-state index contributed by atoms with van der Waals surface area (Å²) >= 11 is 1.52. The van der Waals surface area contributed by atoms with Crippen LogP contribution in [0.1, 0.15) is 11.1 Å². The van der Waals surface area contributed by atoms with Gasteiger partial charge in [-0.25, -0.2) is 4.98 Å². The number of rotatable bonds is 8. The van der Waals surface area contributed by atoms with Crippen LogP contribution in [0, 0.1) is 0 Å². The van der Waals surface area contributed by atoms with Crippen LogP contribution in [0.15, 0.2) is 76.7 Å². The molecule has 0 saturated heterocycles. The second-order valence-corrected chi connectivity index (χ2v) is 8.07. The largest absolute Gasteiger partial charge is 0.497 e. The van der Waals surface area contributed by atoms with Gasteiger partial charge >= 0.3 is 0 Å². The van der Waals surface area contributed by atoms with Crippen LogP contribution in [0.4, 0.5) is 0 Å². The lowest BCUT2D eigenvalue weighted by molar-refractivity contribution is 0.355. The second kappa shape index (κ2) is 9.78. The molecule has 4 aromatic rings. The number of hydrogen-bond acceptors (Lipinski definition) is 6. The van der Waals surface area contributed by atoms with Crippen LogP contribution in [-0.2, 0) is 12.3 Å². The van der Waals surface area contributed by atoms with E-state index in [2.05, 4.69) is 0 Å². The van der Waals surface area contributed by atoms with Crippen molar-refractivity contribution in [2.75, 3.05) is 21.3 Å². The average molecular weight is 449 g/mol. The Balaban J connectivity index is 1.78. The Morgan fingerprint density at radius 3 is 2.19 bits per heavy atom. The summed E-state index contributed by atoms with van der Waals surface area (Å²) in [6.07, 6.45) is 0. The van der Waals surface area contributed by atoms with Gasteiger partial charge in [-0.2, -0.15) is 0 Å². The summed E-state index contributed by atoms with van der Waals surface area (Å²) in [7, 11) is 4.77. The third-order valence-corrected chi connectivity index (χ3v) is 6.18. The van der Waals surface area contributed by atoms with E-state index in [4.69, 9.17) is 19.2 Å². The molecule has 7 heteroatoms. The highest BCUT2D eigenvalue weighted by Crippen LogP contribution is 2.32. The summed E-state index contributed by atoms with van der Waals surface area (Å²) in [5, 5.41) is 1.14. The molecule has 1 aromatic heterocycles. The molecule has 0 spiro atoms. The van der Waals surface area contributed by atoms with Gasteiger partial charge in [-0.1, -0.05) is 54.2 Å². The van der Waals surface area contributed by atoms with Gasteiger partial charge in [0, 0.05) is 11.8 Å². The van der Waals surface area contributed by atoms with Crippen LogP contribution in [0.3, 0.4) is 0 Å². The topological polar surface area (TPSA) is 62.6 Å². The molecule has 0 radical (unpaired) electrons. The molecule has 164 valence electrons. The van der Waals surface area contributed by atoms with E-state index in [-0.39, 0.29) is 5.56 Å². The molecule has 0 aliphatic carbocycles. The Morgan fingerprint density at radius 2 is 1.53 bits per heavy atom. The Hall–Kier alpha value is -3.45. The van der Waals surface area contributed by atoms with Crippen molar-refractivity contribution in [1.29, 1.82) is 0 Å². The lowest BCUT2D eigenvalue weighted by Gasteiger charge is -2.15. The van der Waals surface area contributed by atoms with Crippen molar-refractivity contribution in [3.05, 3.63) is 88.2 Å². The number of methoxy groups -OCH3 is 3. The number of thioether (sulfide) groups is 1. The Bertz CT molecular complexity index is 1270. The Labute approximate surface area is 190 Å². The van der Waals surface area contributed by atoms with Crippen molar-refractivity contribution in [1.82, 2.24) is 9.55 Å². The lowest BCUT2D eigenvalue weighted by Crippen LogP contribution is -2.24. The third kappa shape index (κ3) is 4.57. The summed E-state index contributed by atoms with van der Waals surface area (Å²) in [5.41, 5.74) is 2.61. The minimum atomic E-state index is -0.114. The summed E-state index contributed by atoms with van der Waals surface area (Å²) < 4.78 is 17.8. The van der Waals surface area contributed by atoms with Crippen molar-refractivity contribution in [3.8, 4) is 17.2 Å². The molecule has 32 heavy (non-hydrogen) atoms. The van der Waals surface area contributed by atoms with Gasteiger partial charge in [0.1, 0.15) is 5.75 Å². The highest BCUT2D eigenvalue weighted by Gasteiger charge is 2.16. The van der Waals surface area contributed by atoms with E-state index in [9.17, 15) is 4.79 Å². The van der Waals surface area contributed by atoms with Gasteiger partial charge in [0.15, 0.2) is 16.7 Å². The molecular weight excluding hydrogens is 424 g/mol. The smallest absolute Gasteiger partial charge is 0.262 e. The Morgan fingerprint density at radius 1 is 0.844 bits per heavy atom. The quantitative estimate of drug-likeness (QED) is 0.286. The third-order valence-electron chi connectivity index (χ3n) is 5.13. The van der Waals surface area contributed by atoms with Crippen LogP contribution in [0.25, 0.3) is 10.9 Å². The maximum atomic E-state index is 13.5. The number of nitrogens with zero attached hydrogens (tertiary/aromatic N) is 2. The monoisotopic (exact) mass is 448 g/mol. The van der Waals surface area contributed by atoms with Gasteiger partial charge in [0.2, 0.25) is 0 Å². The molecule has 1 heterocycles. The molecule has 6 nitrogen and oxygen atoms in total. The highest BCUT2D eigenvalue weighted by atomic mass is 32.2. The Kier molecular flexibility index (Phi) is 6.66. The summed E-state index contributed by atoms with van der Waals surface area (Å²) in [6, 6.07) is 21.2. The van der Waals surface area contributed by atoms with Crippen LogP contribution >= 0.6 is 11.8 Å². The normalized spacial score (nSPS) is 10.8. The minimum Gasteiger partial charge on any atom is -0.497 e. The van der Waals surface area contributed by atoms with Crippen molar-refractivity contribution < 1.29 is 14.2 Å². The zero-order valence-corrected chi connectivity index (χ0v) is 19.0. The predicted molar refractivity (Wildman–Crippen MR) is 127 cm³/mol. The van der Waals surface area contributed by atoms with Crippen molar-refractivity contribution in [3.63, 3.8) is 0 Å². The van der Waals surface area contributed by atoms with E-state index in [0.29, 0.717) is 39.9 Å². The van der Waals surface area contributed by atoms with Gasteiger partial charge in [0.05, 0.1) is 38.8 Å². The van der Waals surface area contributed by atoms with Gasteiger partial charge in [0.25, 0.3) is 5.56 Å². The molecule has 0 bridgehead atoms. The molecule has 0 aliphatic heterocycles. The predicted octanol–water partition coefficient (Wildman–Crippen LogP) is 4.76. The van der Waals surface area contributed by atoms with E-state index < -0.39 is 0 Å². The van der Waals surface area contributed by atoms with Crippen LogP contribution in [-0.4, -0.2) is 30.9 Å². The molecule has 0 unspecified atom stereocenters. The van der Waals surface area contributed by atoms with Crippen LogP contribution in [0.5, 0.6) is 17.2 Å². The van der Waals surface area contributed by atoms with Gasteiger partial charge in [-0.3, -0.25) is 9.36 Å². The zero-order chi connectivity index (χ0) is 22.5. The van der Waals surface area contributed by atoms with Crippen LogP contribution in [0.2, 0.25) is 0 Å². The zero-order valence-electron chi connectivity index (χ0n) is 18.2. The van der Waals surface area contributed by atoms with E-state index in [1.165, 1.54) is 11.8 Å². The molecule has 0 saturated carbocycles. The molecule has 0 atom stereocenters. The lowest BCUT2D eigenvalue weighted by atomic mass is 10.2. The average Bonchev–Trinajstić information content (AvgIpc) is 2.85. The van der Waals surface area contributed by atoms with Gasteiger partial charge in [-0.15, -0.1) is 0 Å². The van der Waals surface area contributed by atoms with Crippen molar-refractivity contribution in [2.24, 2.45) is 0 Å². The number of aromatic nitrogens is 2. The molecule has 0 fully saturated rings.